The van der Waals surface area contributed by atoms with Gasteiger partial charge in [0, 0.05) is 20.0 Å². The highest BCUT2D eigenvalue weighted by molar-refractivity contribution is 5.72. The number of rotatable bonds is 6. The fraction of sp³-hybridized carbons (Fsp3) is 0.556. The maximum Gasteiger partial charge on any atom is 0.412 e. The monoisotopic (exact) mass is 351 g/mol. The number of nitrogens with zero attached hydrogens (tertiary/aromatic N) is 1. The highest BCUT2D eigenvalue weighted by Gasteiger charge is 2.23. The quantitative estimate of drug-likeness (QED) is 0.579. The van der Waals surface area contributed by atoms with Gasteiger partial charge in [-0.1, -0.05) is 19.9 Å². The molecule has 2 rings (SSSR count). The van der Waals surface area contributed by atoms with Crippen molar-refractivity contribution in [2.24, 2.45) is 5.92 Å². The van der Waals surface area contributed by atoms with E-state index in [1.165, 1.54) is 11.8 Å². The van der Waals surface area contributed by atoms with Crippen LogP contribution in [0.3, 0.4) is 0 Å². The minimum absolute atomic E-state index is 0.110. The Kier molecular flexibility index (Phi) is 6.12. The van der Waals surface area contributed by atoms with Gasteiger partial charge in [-0.15, -0.1) is 0 Å². The van der Waals surface area contributed by atoms with Crippen LogP contribution in [0.25, 0.3) is 0 Å². The van der Waals surface area contributed by atoms with E-state index < -0.39 is 18.4 Å². The Hall–Kier alpha value is -2.44. The third-order valence-corrected chi connectivity index (χ3v) is 3.94. The number of hydrogen-bond donors (Lipinski definition) is 0. The molecule has 0 fully saturated rings. The molecule has 1 aromatic carbocycles. The average molecular weight is 351 g/mol. The van der Waals surface area contributed by atoms with E-state index >= 15 is 0 Å². The molecule has 138 valence electrons. The first-order valence-corrected chi connectivity index (χ1v) is 8.30. The number of carbonyl (C=O) groups is 2. The average Bonchev–Trinajstić information content (AvgIpc) is 3.01. The van der Waals surface area contributed by atoms with Crippen LogP contribution in [0.2, 0.25) is 0 Å². The van der Waals surface area contributed by atoms with Crippen LogP contribution >= 0.6 is 0 Å². The summed E-state index contributed by atoms with van der Waals surface area (Å²) >= 11 is 0. The molecule has 1 amide bonds. The van der Waals surface area contributed by atoms with Crippen LogP contribution in [0.15, 0.2) is 18.2 Å². The van der Waals surface area contributed by atoms with E-state index in [0.29, 0.717) is 12.2 Å². The number of fused-ring (bicyclic) bond motifs is 1. The van der Waals surface area contributed by atoms with E-state index in [-0.39, 0.29) is 18.8 Å². The van der Waals surface area contributed by atoms with Gasteiger partial charge in [0.1, 0.15) is 0 Å². The summed E-state index contributed by atoms with van der Waals surface area (Å²) < 4.78 is 20.9. The molecule has 0 bridgehead atoms. The highest BCUT2D eigenvalue weighted by Crippen LogP contribution is 2.32. The summed E-state index contributed by atoms with van der Waals surface area (Å²) in [5, 5.41) is 0. The predicted octanol–water partition coefficient (Wildman–Crippen LogP) is 2.96. The summed E-state index contributed by atoms with van der Waals surface area (Å²) in [7, 11) is 1.65. The summed E-state index contributed by atoms with van der Waals surface area (Å²) in [6.45, 7) is 7.10. The van der Waals surface area contributed by atoms with Crippen LogP contribution in [-0.2, 0) is 20.7 Å². The normalized spacial score (nSPS) is 14.8. The van der Waals surface area contributed by atoms with Crippen LogP contribution in [0, 0.1) is 5.92 Å². The third-order valence-electron chi connectivity index (χ3n) is 3.94. The van der Waals surface area contributed by atoms with Gasteiger partial charge in [-0.2, -0.15) is 0 Å². The van der Waals surface area contributed by atoms with E-state index in [4.69, 9.17) is 18.9 Å². The van der Waals surface area contributed by atoms with Crippen molar-refractivity contribution < 1.29 is 28.5 Å². The van der Waals surface area contributed by atoms with E-state index in [9.17, 15) is 9.59 Å². The second-order valence-corrected chi connectivity index (χ2v) is 6.39. The Morgan fingerprint density at radius 3 is 2.48 bits per heavy atom. The first kappa shape index (κ1) is 18.9. The molecule has 2 atom stereocenters. The van der Waals surface area contributed by atoms with E-state index in [0.717, 1.165) is 11.3 Å². The lowest BCUT2D eigenvalue weighted by molar-refractivity contribution is -0.169. The second kappa shape index (κ2) is 8.09. The SMILES string of the molecule is CC(OC(=O)C(C)C)OC(=O)N(C)[C@H](C)Cc1ccc2c(c1)OCO2. The molecule has 7 heteroatoms. The van der Waals surface area contributed by atoms with E-state index in [1.807, 2.05) is 25.1 Å². The van der Waals surface area contributed by atoms with Gasteiger partial charge in [0.25, 0.3) is 0 Å². The smallest absolute Gasteiger partial charge is 0.412 e. The molecule has 1 aliphatic rings. The van der Waals surface area contributed by atoms with Gasteiger partial charge >= 0.3 is 12.1 Å². The van der Waals surface area contributed by atoms with Crippen molar-refractivity contribution in [3.63, 3.8) is 0 Å². The van der Waals surface area contributed by atoms with Crippen LogP contribution in [0.4, 0.5) is 4.79 Å². The molecule has 0 saturated carbocycles. The molecule has 1 unspecified atom stereocenters. The van der Waals surface area contributed by atoms with Gasteiger partial charge in [-0.3, -0.25) is 4.79 Å². The lowest BCUT2D eigenvalue weighted by atomic mass is 10.1. The topological polar surface area (TPSA) is 74.3 Å². The number of carbonyl (C=O) groups excluding carboxylic acids is 2. The number of likely N-dealkylation sites (N-methyl/N-ethyl adjacent to an activating group) is 1. The maximum atomic E-state index is 12.2. The van der Waals surface area contributed by atoms with Crippen molar-refractivity contribution in [3.05, 3.63) is 23.8 Å². The summed E-state index contributed by atoms with van der Waals surface area (Å²) in [4.78, 5) is 25.2. The van der Waals surface area contributed by atoms with Gasteiger partial charge in [0.15, 0.2) is 11.5 Å². The Morgan fingerprint density at radius 2 is 1.80 bits per heavy atom. The van der Waals surface area contributed by atoms with Crippen molar-refractivity contribution in [3.8, 4) is 11.5 Å². The minimum atomic E-state index is -0.928. The largest absolute Gasteiger partial charge is 0.454 e. The zero-order valence-corrected chi connectivity index (χ0v) is 15.3. The van der Waals surface area contributed by atoms with Gasteiger partial charge in [-0.25, -0.2) is 4.79 Å². The number of hydrogen-bond acceptors (Lipinski definition) is 6. The molecule has 0 N–H and O–H groups in total. The lowest BCUT2D eigenvalue weighted by Crippen LogP contribution is -2.39. The number of esters is 1. The molecule has 1 aliphatic heterocycles. The number of ether oxygens (including phenoxy) is 4. The minimum Gasteiger partial charge on any atom is -0.454 e. The number of amides is 1. The van der Waals surface area contributed by atoms with Crippen molar-refractivity contribution in [1.82, 2.24) is 4.90 Å². The van der Waals surface area contributed by atoms with Gasteiger partial charge in [0.2, 0.25) is 13.1 Å². The zero-order chi connectivity index (χ0) is 18.6. The van der Waals surface area contributed by atoms with Crippen LogP contribution in [-0.4, -0.2) is 43.1 Å². The van der Waals surface area contributed by atoms with Gasteiger partial charge in [0.05, 0.1) is 5.92 Å². The Bertz CT molecular complexity index is 630. The molecule has 0 radical (unpaired) electrons. The predicted molar refractivity (Wildman–Crippen MR) is 90.4 cm³/mol. The van der Waals surface area contributed by atoms with Gasteiger partial charge in [-0.05, 0) is 31.0 Å². The fourth-order valence-electron chi connectivity index (χ4n) is 2.27. The molecular weight excluding hydrogens is 326 g/mol. The van der Waals surface area contributed by atoms with E-state index in [2.05, 4.69) is 0 Å². The van der Waals surface area contributed by atoms with Crippen molar-refractivity contribution >= 4 is 12.1 Å². The molecule has 1 heterocycles. The molecule has 0 spiro atoms. The third kappa shape index (κ3) is 5.01. The summed E-state index contributed by atoms with van der Waals surface area (Å²) in [5.74, 6) is 0.759. The molecule has 25 heavy (non-hydrogen) atoms. The molecule has 7 nitrogen and oxygen atoms in total. The molecule has 0 saturated heterocycles. The fourth-order valence-corrected chi connectivity index (χ4v) is 2.27. The number of benzene rings is 1. The summed E-state index contributed by atoms with van der Waals surface area (Å²) in [6.07, 6.45) is -0.845. The summed E-state index contributed by atoms with van der Waals surface area (Å²) in [5.41, 5.74) is 1.02. The Labute approximate surface area is 147 Å². The molecule has 0 aromatic heterocycles. The first-order valence-electron chi connectivity index (χ1n) is 8.30. The van der Waals surface area contributed by atoms with Gasteiger partial charge < -0.3 is 23.8 Å². The van der Waals surface area contributed by atoms with Crippen molar-refractivity contribution in [1.29, 1.82) is 0 Å². The second-order valence-electron chi connectivity index (χ2n) is 6.39. The summed E-state index contributed by atoms with van der Waals surface area (Å²) in [6, 6.07) is 5.60. The molecule has 0 aliphatic carbocycles. The molecular formula is C18H25NO6. The zero-order valence-electron chi connectivity index (χ0n) is 15.3. The van der Waals surface area contributed by atoms with Crippen LogP contribution in [0.5, 0.6) is 11.5 Å². The Balaban J connectivity index is 1.87. The Morgan fingerprint density at radius 1 is 1.12 bits per heavy atom. The van der Waals surface area contributed by atoms with E-state index in [1.54, 1.807) is 20.9 Å². The van der Waals surface area contributed by atoms with Crippen molar-refractivity contribution in [2.45, 2.75) is 46.4 Å². The van der Waals surface area contributed by atoms with Crippen molar-refractivity contribution in [2.75, 3.05) is 13.8 Å². The highest BCUT2D eigenvalue weighted by atomic mass is 16.7. The maximum absolute atomic E-state index is 12.2. The first-order chi connectivity index (χ1) is 11.8. The lowest BCUT2D eigenvalue weighted by Gasteiger charge is -2.26. The standard InChI is InChI=1S/C18H25NO6/c1-11(2)17(20)24-13(4)25-18(21)19(5)12(3)8-14-6-7-15-16(9-14)23-10-22-15/h6-7,9,11-13H,8,10H2,1-5H3/t12-,13?/m1/s1. The molecule has 1 aromatic rings. The van der Waals surface area contributed by atoms with Crippen LogP contribution < -0.4 is 9.47 Å². The van der Waals surface area contributed by atoms with Crippen LogP contribution in [0.1, 0.15) is 33.3 Å².